The lowest BCUT2D eigenvalue weighted by molar-refractivity contribution is -0.117. The van der Waals surface area contributed by atoms with Crippen LogP contribution in [0, 0.1) is 0 Å². The first-order valence-electron chi connectivity index (χ1n) is 5.06. The predicted molar refractivity (Wildman–Crippen MR) is 56.8 cm³/mol. The van der Waals surface area contributed by atoms with Crippen molar-refractivity contribution >= 4 is 17.5 Å². The minimum Gasteiger partial charge on any atom is -0.352 e. The number of nitrogens with zero attached hydrogens (tertiary/aromatic N) is 1. The summed E-state index contributed by atoms with van der Waals surface area (Å²) in [6.45, 7) is 0.645. The van der Waals surface area contributed by atoms with E-state index in [2.05, 4.69) is 15.8 Å². The zero-order chi connectivity index (χ0) is 11.5. The summed E-state index contributed by atoms with van der Waals surface area (Å²) in [6, 6.07) is 0. The lowest BCUT2D eigenvalue weighted by Crippen LogP contribution is -2.40. The first kappa shape index (κ1) is 10.6. The van der Waals surface area contributed by atoms with Gasteiger partial charge in [-0.25, -0.2) is 5.84 Å². The van der Waals surface area contributed by atoms with Crippen LogP contribution in [0.15, 0.2) is 16.4 Å². The molecule has 0 spiro atoms. The van der Waals surface area contributed by atoms with Gasteiger partial charge in [-0.2, -0.15) is 5.10 Å². The van der Waals surface area contributed by atoms with E-state index in [1.165, 1.54) is 0 Å². The fourth-order valence-corrected chi connectivity index (χ4v) is 1.73. The smallest absolute Gasteiger partial charge is 0.281 e. The second-order valence-electron chi connectivity index (χ2n) is 3.64. The summed E-state index contributed by atoms with van der Waals surface area (Å²) in [5.74, 6) is 4.39. The topological polar surface area (TPSA) is 109 Å². The molecular weight excluding hydrogens is 210 g/mol. The van der Waals surface area contributed by atoms with Gasteiger partial charge in [0, 0.05) is 24.2 Å². The Balaban J connectivity index is 2.19. The van der Waals surface area contributed by atoms with Crippen molar-refractivity contribution < 1.29 is 9.59 Å². The van der Waals surface area contributed by atoms with Gasteiger partial charge >= 0.3 is 0 Å². The van der Waals surface area contributed by atoms with Crippen molar-refractivity contribution in [3.8, 4) is 0 Å². The van der Waals surface area contributed by atoms with Gasteiger partial charge in [0.05, 0.1) is 0 Å². The van der Waals surface area contributed by atoms with E-state index >= 15 is 0 Å². The summed E-state index contributed by atoms with van der Waals surface area (Å²) in [6.07, 6.45) is 1.85. The van der Waals surface area contributed by atoms with E-state index in [1.54, 1.807) is 0 Å². The Hall–Kier alpha value is -1.89. The molecular formula is C9H13N5O2. The second-order valence-corrected chi connectivity index (χ2v) is 3.64. The molecule has 0 fully saturated rings. The van der Waals surface area contributed by atoms with Crippen molar-refractivity contribution in [1.29, 1.82) is 0 Å². The largest absolute Gasteiger partial charge is 0.352 e. The van der Waals surface area contributed by atoms with Crippen LogP contribution in [0.4, 0.5) is 0 Å². The fourth-order valence-electron chi connectivity index (χ4n) is 1.73. The van der Waals surface area contributed by atoms with Gasteiger partial charge < -0.3 is 5.32 Å². The van der Waals surface area contributed by atoms with Crippen molar-refractivity contribution in [3.05, 3.63) is 11.3 Å². The van der Waals surface area contributed by atoms with Crippen molar-refractivity contribution in [3.63, 3.8) is 0 Å². The van der Waals surface area contributed by atoms with Crippen molar-refractivity contribution in [2.24, 2.45) is 10.9 Å². The molecule has 7 heteroatoms. The summed E-state index contributed by atoms with van der Waals surface area (Å²) in [5, 5.41) is 6.66. The average Bonchev–Trinajstić information content (AvgIpc) is 2.50. The Bertz CT molecular complexity index is 399. The normalized spacial score (nSPS) is 20.1. The summed E-state index contributed by atoms with van der Waals surface area (Å²) in [5.41, 5.74) is 6.33. The van der Waals surface area contributed by atoms with Gasteiger partial charge in [0.15, 0.2) is 0 Å². The van der Waals surface area contributed by atoms with Gasteiger partial charge in [0.25, 0.3) is 5.91 Å². The Morgan fingerprint density at radius 2 is 2.31 bits per heavy atom. The highest BCUT2D eigenvalue weighted by molar-refractivity contribution is 6.40. The molecule has 0 aliphatic carbocycles. The average molecular weight is 223 g/mol. The third-order valence-corrected chi connectivity index (χ3v) is 2.59. The lowest BCUT2D eigenvalue weighted by atomic mass is 10.0. The van der Waals surface area contributed by atoms with Crippen LogP contribution in [0.2, 0.25) is 0 Å². The molecule has 0 unspecified atom stereocenters. The van der Waals surface area contributed by atoms with E-state index in [0.717, 1.165) is 18.5 Å². The number of carbonyl (C=O) groups is 2. The Kier molecular flexibility index (Phi) is 2.86. The number of hydrogen-bond donors (Lipinski definition) is 4. The standard InChI is InChI=1S/C9H13N5O2/c10-12-9(16)7-4-5-6(13-14-7)2-1-3-11-8(5)15/h13H,1-4,10H2,(H,11,15)(H,12,16). The molecule has 16 heavy (non-hydrogen) atoms. The van der Waals surface area contributed by atoms with Gasteiger partial charge in [-0.1, -0.05) is 0 Å². The van der Waals surface area contributed by atoms with Gasteiger partial charge in [0.2, 0.25) is 5.91 Å². The predicted octanol–water partition coefficient (Wildman–Crippen LogP) is -1.51. The highest BCUT2D eigenvalue weighted by Crippen LogP contribution is 2.19. The van der Waals surface area contributed by atoms with E-state index in [-0.39, 0.29) is 18.0 Å². The molecule has 5 N–H and O–H groups in total. The number of nitrogens with two attached hydrogens (primary N) is 1. The summed E-state index contributed by atoms with van der Waals surface area (Å²) in [4.78, 5) is 23.0. The molecule has 0 bridgehead atoms. The van der Waals surface area contributed by atoms with E-state index in [9.17, 15) is 9.59 Å². The summed E-state index contributed by atoms with van der Waals surface area (Å²) in [7, 11) is 0. The zero-order valence-corrected chi connectivity index (χ0v) is 8.67. The number of hydrazone groups is 1. The van der Waals surface area contributed by atoms with Gasteiger partial charge in [-0.3, -0.25) is 20.4 Å². The molecule has 2 aliphatic rings. The molecule has 0 saturated heterocycles. The van der Waals surface area contributed by atoms with Crippen LogP contribution >= 0.6 is 0 Å². The third kappa shape index (κ3) is 1.89. The maximum absolute atomic E-state index is 11.7. The molecule has 2 aliphatic heterocycles. The van der Waals surface area contributed by atoms with Gasteiger partial charge in [-0.15, -0.1) is 0 Å². The van der Waals surface area contributed by atoms with Crippen molar-refractivity contribution in [1.82, 2.24) is 16.2 Å². The van der Waals surface area contributed by atoms with E-state index < -0.39 is 5.91 Å². The molecule has 0 saturated carbocycles. The Morgan fingerprint density at radius 1 is 1.50 bits per heavy atom. The molecule has 7 nitrogen and oxygen atoms in total. The third-order valence-electron chi connectivity index (χ3n) is 2.59. The SMILES string of the molecule is NNC(=O)C1=NNC2=C(C1)C(=O)NCCC2. The minimum absolute atomic E-state index is 0.141. The quantitative estimate of drug-likeness (QED) is 0.246. The maximum atomic E-state index is 11.7. The first-order chi connectivity index (χ1) is 7.72. The molecule has 0 aromatic rings. The molecule has 2 heterocycles. The zero-order valence-electron chi connectivity index (χ0n) is 8.67. The molecule has 0 aromatic carbocycles. The molecule has 2 rings (SSSR count). The number of amides is 2. The Labute approximate surface area is 92.1 Å². The number of rotatable bonds is 1. The van der Waals surface area contributed by atoms with E-state index in [4.69, 9.17) is 5.84 Å². The van der Waals surface area contributed by atoms with Crippen LogP contribution in [-0.2, 0) is 9.59 Å². The summed E-state index contributed by atoms with van der Waals surface area (Å²) >= 11 is 0. The van der Waals surface area contributed by atoms with Crippen molar-refractivity contribution in [2.45, 2.75) is 19.3 Å². The fraction of sp³-hybridized carbons (Fsp3) is 0.444. The van der Waals surface area contributed by atoms with Crippen LogP contribution in [0.3, 0.4) is 0 Å². The number of hydrogen-bond acceptors (Lipinski definition) is 5. The number of allylic oxidation sites excluding steroid dienone is 1. The van der Waals surface area contributed by atoms with E-state index in [0.29, 0.717) is 12.1 Å². The minimum atomic E-state index is -0.476. The van der Waals surface area contributed by atoms with Gasteiger partial charge in [0.1, 0.15) is 5.71 Å². The molecule has 86 valence electrons. The van der Waals surface area contributed by atoms with Crippen LogP contribution in [0.25, 0.3) is 0 Å². The maximum Gasteiger partial charge on any atom is 0.281 e. The molecule has 2 amide bonds. The van der Waals surface area contributed by atoms with Crippen LogP contribution in [0.5, 0.6) is 0 Å². The molecule has 0 atom stereocenters. The number of nitrogens with one attached hydrogen (secondary N) is 3. The van der Waals surface area contributed by atoms with Crippen LogP contribution in [-0.4, -0.2) is 24.1 Å². The molecule has 0 radical (unpaired) electrons. The van der Waals surface area contributed by atoms with Gasteiger partial charge in [-0.05, 0) is 12.8 Å². The highest BCUT2D eigenvalue weighted by Gasteiger charge is 2.26. The van der Waals surface area contributed by atoms with Crippen LogP contribution < -0.4 is 22.0 Å². The number of hydrazine groups is 1. The van der Waals surface area contributed by atoms with E-state index in [1.807, 2.05) is 5.43 Å². The molecule has 0 aromatic heterocycles. The summed E-state index contributed by atoms with van der Waals surface area (Å²) < 4.78 is 0. The lowest BCUT2D eigenvalue weighted by Gasteiger charge is -2.17. The first-order valence-corrected chi connectivity index (χ1v) is 5.06. The number of carbonyl (C=O) groups excluding carboxylic acids is 2. The Morgan fingerprint density at radius 3 is 3.06 bits per heavy atom. The second kappa shape index (κ2) is 4.31. The van der Waals surface area contributed by atoms with Crippen LogP contribution in [0.1, 0.15) is 19.3 Å². The monoisotopic (exact) mass is 223 g/mol. The highest BCUT2D eigenvalue weighted by atomic mass is 16.2. The van der Waals surface area contributed by atoms with Crippen molar-refractivity contribution in [2.75, 3.05) is 6.54 Å².